The molecule has 0 heterocycles. The fourth-order valence-electron chi connectivity index (χ4n) is 5.34. The van der Waals surface area contributed by atoms with Gasteiger partial charge in [-0.25, -0.2) is 0 Å². The Hall–Kier alpha value is -5.48. The van der Waals surface area contributed by atoms with Crippen molar-refractivity contribution >= 4 is 28.4 Å². The van der Waals surface area contributed by atoms with Gasteiger partial charge in [0.1, 0.15) is 11.5 Å². The van der Waals surface area contributed by atoms with Gasteiger partial charge in [-0.15, -0.1) is 0 Å². The molecule has 0 N–H and O–H groups in total. The first-order chi connectivity index (χ1) is 21.2. The van der Waals surface area contributed by atoms with E-state index >= 15 is 0 Å². The lowest BCUT2D eigenvalue weighted by molar-refractivity contribution is 0.415. The molecule has 0 saturated heterocycles. The molecule has 0 atom stereocenters. The SMILES string of the molecule is COc1cccc(N(C2=CC=CC=CC2)c2ccc(-c3ccc(N(c4ccccc4)c4cccc(OC)c4)cc3)cc2)c1. The highest BCUT2D eigenvalue weighted by atomic mass is 16.5. The minimum atomic E-state index is 0.824. The normalized spacial score (nSPS) is 12.3. The number of rotatable bonds is 9. The van der Waals surface area contributed by atoms with Crippen LogP contribution in [0.5, 0.6) is 11.5 Å². The van der Waals surface area contributed by atoms with Gasteiger partial charge in [0.25, 0.3) is 0 Å². The third-order valence-corrected chi connectivity index (χ3v) is 7.48. The average Bonchev–Trinajstić information content (AvgIpc) is 3.36. The molecule has 0 radical (unpaired) electrons. The van der Waals surface area contributed by atoms with Crippen molar-refractivity contribution in [1.82, 2.24) is 0 Å². The Balaban J connectivity index is 1.32. The molecule has 0 saturated carbocycles. The predicted octanol–water partition coefficient (Wildman–Crippen LogP) is 10.4. The van der Waals surface area contributed by atoms with Gasteiger partial charge >= 0.3 is 0 Å². The summed E-state index contributed by atoms with van der Waals surface area (Å²) in [5, 5.41) is 0. The minimum Gasteiger partial charge on any atom is -0.497 e. The second-order valence-electron chi connectivity index (χ2n) is 10.2. The van der Waals surface area contributed by atoms with Crippen LogP contribution in [0.4, 0.5) is 28.4 Å². The molecule has 0 aliphatic heterocycles. The first kappa shape index (κ1) is 27.7. The Bertz CT molecular complexity index is 1750. The number of para-hydroxylation sites is 1. The standard InChI is InChI=1S/C39H34N2O2/c1-42-38-18-10-16-36(28-38)40(32-12-6-3-4-7-13-32)34-24-20-30(21-25-34)31-22-26-35(27-23-31)41(33-14-8-5-9-15-33)37-17-11-19-39(29-37)43-2/h3-12,14-29H,13H2,1-2H3. The first-order valence-corrected chi connectivity index (χ1v) is 14.4. The van der Waals surface area contributed by atoms with Crippen molar-refractivity contribution in [2.45, 2.75) is 6.42 Å². The van der Waals surface area contributed by atoms with E-state index < -0.39 is 0 Å². The van der Waals surface area contributed by atoms with Gasteiger partial charge in [0.15, 0.2) is 0 Å². The molecule has 6 rings (SSSR count). The number of benzene rings is 5. The summed E-state index contributed by atoms with van der Waals surface area (Å²) in [5.74, 6) is 1.66. The molecule has 0 unspecified atom stereocenters. The quantitative estimate of drug-likeness (QED) is 0.178. The lowest BCUT2D eigenvalue weighted by Gasteiger charge is -2.28. The second-order valence-corrected chi connectivity index (χ2v) is 10.2. The van der Waals surface area contributed by atoms with Gasteiger partial charge in [-0.3, -0.25) is 0 Å². The number of methoxy groups -OCH3 is 2. The van der Waals surface area contributed by atoms with Gasteiger partial charge in [-0.05, 0) is 77.9 Å². The molecule has 0 bridgehead atoms. The Kier molecular flexibility index (Phi) is 8.37. The van der Waals surface area contributed by atoms with E-state index in [1.54, 1.807) is 14.2 Å². The first-order valence-electron chi connectivity index (χ1n) is 14.4. The number of ether oxygens (including phenoxy) is 2. The third kappa shape index (κ3) is 6.24. The topological polar surface area (TPSA) is 24.9 Å². The van der Waals surface area contributed by atoms with E-state index in [1.165, 1.54) is 5.70 Å². The highest BCUT2D eigenvalue weighted by molar-refractivity contribution is 5.79. The maximum atomic E-state index is 5.54. The van der Waals surface area contributed by atoms with Crippen molar-refractivity contribution < 1.29 is 9.47 Å². The van der Waals surface area contributed by atoms with Crippen LogP contribution in [0.1, 0.15) is 6.42 Å². The molecule has 1 aliphatic rings. The highest BCUT2D eigenvalue weighted by Gasteiger charge is 2.16. The van der Waals surface area contributed by atoms with Gasteiger partial charge in [0.05, 0.1) is 14.2 Å². The van der Waals surface area contributed by atoms with Crippen LogP contribution in [0.15, 0.2) is 163 Å². The summed E-state index contributed by atoms with van der Waals surface area (Å²) in [4.78, 5) is 4.53. The molecular weight excluding hydrogens is 528 g/mol. The summed E-state index contributed by atoms with van der Waals surface area (Å²) in [6.45, 7) is 0. The van der Waals surface area contributed by atoms with Gasteiger partial charge in [0, 0.05) is 52.7 Å². The smallest absolute Gasteiger partial charge is 0.120 e. The van der Waals surface area contributed by atoms with E-state index in [2.05, 4.69) is 137 Å². The number of hydrogen-bond donors (Lipinski definition) is 0. The van der Waals surface area contributed by atoms with Crippen LogP contribution < -0.4 is 19.3 Å². The van der Waals surface area contributed by atoms with Crippen molar-refractivity contribution in [2.24, 2.45) is 0 Å². The summed E-state index contributed by atoms with van der Waals surface area (Å²) >= 11 is 0. The Labute approximate surface area is 254 Å². The van der Waals surface area contributed by atoms with Crippen LogP contribution in [0.3, 0.4) is 0 Å². The van der Waals surface area contributed by atoms with Crippen LogP contribution in [0.2, 0.25) is 0 Å². The predicted molar refractivity (Wildman–Crippen MR) is 179 cm³/mol. The number of allylic oxidation sites excluding steroid dienone is 5. The number of nitrogens with zero attached hydrogens (tertiary/aromatic N) is 2. The largest absolute Gasteiger partial charge is 0.497 e. The molecule has 5 aromatic carbocycles. The van der Waals surface area contributed by atoms with E-state index in [-0.39, 0.29) is 0 Å². The Morgan fingerprint density at radius 3 is 1.56 bits per heavy atom. The minimum absolute atomic E-state index is 0.824. The van der Waals surface area contributed by atoms with Crippen LogP contribution in [0, 0.1) is 0 Å². The zero-order chi connectivity index (χ0) is 29.4. The zero-order valence-electron chi connectivity index (χ0n) is 24.4. The maximum absolute atomic E-state index is 5.54. The summed E-state index contributed by atoms with van der Waals surface area (Å²) < 4.78 is 11.1. The van der Waals surface area contributed by atoms with Gasteiger partial charge in [-0.1, -0.05) is 78.9 Å². The van der Waals surface area contributed by atoms with Crippen LogP contribution >= 0.6 is 0 Å². The van der Waals surface area contributed by atoms with Crippen molar-refractivity contribution in [1.29, 1.82) is 0 Å². The lowest BCUT2D eigenvalue weighted by atomic mass is 10.0. The lowest BCUT2D eigenvalue weighted by Crippen LogP contribution is -2.16. The zero-order valence-corrected chi connectivity index (χ0v) is 24.4. The van der Waals surface area contributed by atoms with Crippen LogP contribution in [-0.2, 0) is 0 Å². The monoisotopic (exact) mass is 562 g/mol. The van der Waals surface area contributed by atoms with E-state index in [0.29, 0.717) is 0 Å². The molecule has 1 aliphatic carbocycles. The van der Waals surface area contributed by atoms with Gasteiger partial charge < -0.3 is 19.3 Å². The molecule has 0 aromatic heterocycles. The van der Waals surface area contributed by atoms with E-state index in [1.807, 2.05) is 30.3 Å². The van der Waals surface area contributed by atoms with Crippen molar-refractivity contribution in [3.63, 3.8) is 0 Å². The number of hydrogen-bond acceptors (Lipinski definition) is 4. The van der Waals surface area contributed by atoms with Gasteiger partial charge in [0.2, 0.25) is 0 Å². The van der Waals surface area contributed by atoms with E-state index in [0.717, 1.165) is 57.5 Å². The van der Waals surface area contributed by atoms with Crippen molar-refractivity contribution in [3.8, 4) is 22.6 Å². The fourth-order valence-corrected chi connectivity index (χ4v) is 5.34. The molecule has 0 spiro atoms. The van der Waals surface area contributed by atoms with Crippen LogP contribution in [0.25, 0.3) is 11.1 Å². The summed E-state index contributed by atoms with van der Waals surface area (Å²) in [7, 11) is 3.40. The summed E-state index contributed by atoms with van der Waals surface area (Å²) in [5.41, 5.74) is 8.85. The molecule has 0 fully saturated rings. The molecule has 5 aromatic rings. The van der Waals surface area contributed by atoms with E-state index in [4.69, 9.17) is 9.47 Å². The maximum Gasteiger partial charge on any atom is 0.120 e. The van der Waals surface area contributed by atoms with E-state index in [9.17, 15) is 0 Å². The highest BCUT2D eigenvalue weighted by Crippen LogP contribution is 2.38. The molecule has 4 nitrogen and oxygen atoms in total. The fraction of sp³-hybridized carbons (Fsp3) is 0.0769. The average molecular weight is 563 g/mol. The molecule has 43 heavy (non-hydrogen) atoms. The van der Waals surface area contributed by atoms with Crippen LogP contribution in [-0.4, -0.2) is 14.2 Å². The molecular formula is C39H34N2O2. The molecule has 4 heteroatoms. The van der Waals surface area contributed by atoms with Gasteiger partial charge in [-0.2, -0.15) is 0 Å². The molecule has 0 amide bonds. The third-order valence-electron chi connectivity index (χ3n) is 7.48. The Morgan fingerprint density at radius 1 is 0.465 bits per heavy atom. The summed E-state index contributed by atoms with van der Waals surface area (Å²) in [6.07, 6.45) is 11.4. The molecule has 212 valence electrons. The Morgan fingerprint density at radius 2 is 0.977 bits per heavy atom. The second kappa shape index (κ2) is 13.0. The number of anilines is 5. The van der Waals surface area contributed by atoms with Crippen molar-refractivity contribution in [3.05, 3.63) is 163 Å². The summed E-state index contributed by atoms with van der Waals surface area (Å²) in [6, 6.07) is 44.2. The van der Waals surface area contributed by atoms with Crippen molar-refractivity contribution in [2.75, 3.05) is 24.0 Å².